The third-order valence-electron chi connectivity index (χ3n) is 3.51. The molecule has 1 atom stereocenters. The molecule has 0 unspecified atom stereocenters. The SMILES string of the molecule is Cc1ccc(S(=O)(=O)C[C@H]2CCCN2C(=O)OC(C)(C)C)nn1. The van der Waals surface area contributed by atoms with E-state index in [1.165, 1.54) is 11.0 Å². The van der Waals surface area contributed by atoms with E-state index in [1.807, 2.05) is 0 Å². The highest BCUT2D eigenvalue weighted by molar-refractivity contribution is 7.91. The van der Waals surface area contributed by atoms with Gasteiger partial charge in [-0.2, -0.15) is 5.10 Å². The molecule has 0 spiro atoms. The van der Waals surface area contributed by atoms with Gasteiger partial charge in [0.15, 0.2) is 14.9 Å². The summed E-state index contributed by atoms with van der Waals surface area (Å²) in [7, 11) is -3.59. The predicted molar refractivity (Wildman–Crippen MR) is 84.8 cm³/mol. The maximum absolute atomic E-state index is 12.5. The van der Waals surface area contributed by atoms with E-state index in [4.69, 9.17) is 4.74 Å². The number of carbonyl (C=O) groups excluding carboxylic acids is 1. The Labute approximate surface area is 137 Å². The summed E-state index contributed by atoms with van der Waals surface area (Å²) in [6.07, 6.45) is 0.932. The van der Waals surface area contributed by atoms with Crippen LogP contribution >= 0.6 is 0 Å². The quantitative estimate of drug-likeness (QED) is 0.835. The van der Waals surface area contributed by atoms with Gasteiger partial charge in [-0.1, -0.05) is 0 Å². The Morgan fingerprint density at radius 3 is 2.61 bits per heavy atom. The van der Waals surface area contributed by atoms with Crippen LogP contribution in [0, 0.1) is 6.92 Å². The van der Waals surface area contributed by atoms with Gasteiger partial charge in [-0.05, 0) is 52.7 Å². The lowest BCUT2D eigenvalue weighted by Crippen LogP contribution is -2.42. The number of sulfone groups is 1. The molecule has 1 saturated heterocycles. The van der Waals surface area contributed by atoms with Crippen LogP contribution in [0.2, 0.25) is 0 Å². The van der Waals surface area contributed by atoms with Gasteiger partial charge in [-0.15, -0.1) is 5.10 Å². The standard InChI is InChI=1S/C15H23N3O4S/c1-11-7-8-13(17-16-11)23(20,21)10-12-6-5-9-18(12)14(19)22-15(2,3)4/h7-8,12H,5-6,9-10H2,1-4H3/t12-/m1/s1. The number of rotatable bonds is 3. The van der Waals surface area contributed by atoms with Crippen molar-refractivity contribution in [1.82, 2.24) is 15.1 Å². The highest BCUT2D eigenvalue weighted by Crippen LogP contribution is 2.23. The molecule has 7 nitrogen and oxygen atoms in total. The Balaban J connectivity index is 2.11. The summed E-state index contributed by atoms with van der Waals surface area (Å²) in [5.74, 6) is -0.163. The number of amides is 1. The number of carbonyl (C=O) groups is 1. The molecule has 23 heavy (non-hydrogen) atoms. The van der Waals surface area contributed by atoms with Gasteiger partial charge in [0.2, 0.25) is 0 Å². The molecule has 0 aromatic carbocycles. The van der Waals surface area contributed by atoms with Gasteiger partial charge >= 0.3 is 6.09 Å². The fourth-order valence-electron chi connectivity index (χ4n) is 2.46. The summed E-state index contributed by atoms with van der Waals surface area (Å²) in [5.41, 5.74) is 0.0473. The Hall–Kier alpha value is -1.70. The van der Waals surface area contributed by atoms with E-state index in [0.29, 0.717) is 18.7 Å². The van der Waals surface area contributed by atoms with Crippen molar-refractivity contribution in [2.75, 3.05) is 12.3 Å². The van der Waals surface area contributed by atoms with Crippen molar-refractivity contribution in [3.8, 4) is 0 Å². The van der Waals surface area contributed by atoms with Gasteiger partial charge in [0, 0.05) is 12.6 Å². The summed E-state index contributed by atoms with van der Waals surface area (Å²) >= 11 is 0. The molecule has 1 aromatic heterocycles. The van der Waals surface area contributed by atoms with E-state index in [2.05, 4.69) is 10.2 Å². The summed E-state index contributed by atoms with van der Waals surface area (Å²) in [4.78, 5) is 13.7. The predicted octanol–water partition coefficient (Wildman–Crippen LogP) is 1.96. The van der Waals surface area contributed by atoms with Gasteiger partial charge < -0.3 is 9.64 Å². The fraction of sp³-hybridized carbons (Fsp3) is 0.667. The first-order valence-corrected chi connectivity index (χ1v) is 9.26. The third kappa shape index (κ3) is 4.63. The van der Waals surface area contributed by atoms with E-state index in [1.54, 1.807) is 33.8 Å². The molecule has 8 heteroatoms. The third-order valence-corrected chi connectivity index (χ3v) is 5.19. The largest absolute Gasteiger partial charge is 0.444 e. The zero-order chi connectivity index (χ0) is 17.3. The number of hydrogen-bond acceptors (Lipinski definition) is 6. The van der Waals surface area contributed by atoms with Crippen molar-refractivity contribution in [2.24, 2.45) is 0 Å². The van der Waals surface area contributed by atoms with Crippen LogP contribution in [0.5, 0.6) is 0 Å². The molecule has 2 rings (SSSR count). The number of nitrogens with zero attached hydrogens (tertiary/aromatic N) is 3. The van der Waals surface area contributed by atoms with Crippen LogP contribution in [0.3, 0.4) is 0 Å². The minimum absolute atomic E-state index is 0.0564. The molecule has 0 saturated carbocycles. The van der Waals surface area contributed by atoms with E-state index in [9.17, 15) is 13.2 Å². The average Bonchev–Trinajstić information content (AvgIpc) is 2.84. The van der Waals surface area contributed by atoms with E-state index >= 15 is 0 Å². The first kappa shape index (κ1) is 17.7. The summed E-state index contributed by atoms with van der Waals surface area (Å²) in [6.45, 7) is 7.61. The highest BCUT2D eigenvalue weighted by Gasteiger charge is 2.35. The Kier molecular flexibility index (Phi) is 4.93. The molecular weight excluding hydrogens is 318 g/mol. The molecule has 128 valence electrons. The Morgan fingerprint density at radius 2 is 2.04 bits per heavy atom. The first-order chi connectivity index (χ1) is 10.6. The van der Waals surface area contributed by atoms with Gasteiger partial charge in [-0.3, -0.25) is 0 Å². The van der Waals surface area contributed by atoms with E-state index < -0.39 is 27.6 Å². The minimum atomic E-state index is -3.59. The Bertz CT molecular complexity index is 665. The molecule has 0 N–H and O–H groups in total. The van der Waals surface area contributed by atoms with Gasteiger partial charge in [0.1, 0.15) is 5.60 Å². The number of aromatic nitrogens is 2. The lowest BCUT2D eigenvalue weighted by molar-refractivity contribution is 0.0241. The molecule has 1 aliphatic heterocycles. The van der Waals surface area contributed by atoms with Crippen LogP contribution in [0.4, 0.5) is 4.79 Å². The molecule has 1 aliphatic rings. The highest BCUT2D eigenvalue weighted by atomic mass is 32.2. The van der Waals surface area contributed by atoms with E-state index in [-0.39, 0.29) is 10.8 Å². The second-order valence-corrected chi connectivity index (χ2v) is 8.75. The number of likely N-dealkylation sites (tertiary alicyclic amines) is 1. The van der Waals surface area contributed by atoms with Crippen molar-refractivity contribution < 1.29 is 17.9 Å². The monoisotopic (exact) mass is 341 g/mol. The molecule has 1 amide bonds. The number of aryl methyl sites for hydroxylation is 1. The van der Waals surface area contributed by atoms with Crippen molar-refractivity contribution in [3.63, 3.8) is 0 Å². The van der Waals surface area contributed by atoms with Crippen LogP contribution in [-0.4, -0.2) is 53.5 Å². The normalized spacial score (nSPS) is 19.0. The van der Waals surface area contributed by atoms with Crippen molar-refractivity contribution >= 4 is 15.9 Å². The zero-order valence-electron chi connectivity index (χ0n) is 13.9. The zero-order valence-corrected chi connectivity index (χ0v) is 14.8. The lowest BCUT2D eigenvalue weighted by Gasteiger charge is -2.28. The van der Waals surface area contributed by atoms with Crippen LogP contribution in [0.25, 0.3) is 0 Å². The minimum Gasteiger partial charge on any atom is -0.444 e. The lowest BCUT2D eigenvalue weighted by atomic mass is 10.2. The molecule has 1 aromatic rings. The molecular formula is C15H23N3O4S. The molecule has 2 heterocycles. The summed E-state index contributed by atoms with van der Waals surface area (Å²) < 4.78 is 30.3. The number of ether oxygens (including phenoxy) is 1. The van der Waals surface area contributed by atoms with Crippen LogP contribution in [0.1, 0.15) is 39.3 Å². The van der Waals surface area contributed by atoms with Crippen LogP contribution in [0.15, 0.2) is 17.2 Å². The molecule has 0 bridgehead atoms. The van der Waals surface area contributed by atoms with Crippen molar-refractivity contribution in [1.29, 1.82) is 0 Å². The van der Waals surface area contributed by atoms with Gasteiger partial charge in [-0.25, -0.2) is 13.2 Å². The van der Waals surface area contributed by atoms with Crippen molar-refractivity contribution in [2.45, 2.75) is 57.2 Å². The molecule has 0 aliphatic carbocycles. The number of hydrogen-bond donors (Lipinski definition) is 0. The van der Waals surface area contributed by atoms with Crippen LogP contribution in [-0.2, 0) is 14.6 Å². The second-order valence-electron chi connectivity index (χ2n) is 6.76. The second kappa shape index (κ2) is 6.43. The topological polar surface area (TPSA) is 89.5 Å². The smallest absolute Gasteiger partial charge is 0.410 e. The summed E-state index contributed by atoms with van der Waals surface area (Å²) in [5, 5.41) is 7.48. The van der Waals surface area contributed by atoms with Crippen molar-refractivity contribution in [3.05, 3.63) is 17.8 Å². The van der Waals surface area contributed by atoms with Gasteiger partial charge in [0.25, 0.3) is 0 Å². The first-order valence-electron chi connectivity index (χ1n) is 7.61. The molecule has 0 radical (unpaired) electrons. The average molecular weight is 341 g/mol. The molecule has 1 fully saturated rings. The maximum Gasteiger partial charge on any atom is 0.410 e. The Morgan fingerprint density at radius 1 is 1.35 bits per heavy atom. The van der Waals surface area contributed by atoms with Gasteiger partial charge in [0.05, 0.1) is 11.4 Å². The fourth-order valence-corrected chi connectivity index (χ4v) is 3.93. The van der Waals surface area contributed by atoms with Crippen LogP contribution < -0.4 is 0 Å². The van der Waals surface area contributed by atoms with E-state index in [0.717, 1.165) is 6.42 Å². The maximum atomic E-state index is 12.5. The summed E-state index contributed by atoms with van der Waals surface area (Å²) in [6, 6.07) is 2.67.